The molecule has 0 aliphatic heterocycles. The van der Waals surface area contributed by atoms with Crippen LogP contribution >= 0.6 is 0 Å². The van der Waals surface area contributed by atoms with E-state index in [1.807, 2.05) is 6.92 Å². The average Bonchev–Trinajstić information content (AvgIpc) is 2.81. The van der Waals surface area contributed by atoms with E-state index >= 15 is 0 Å². The molecule has 0 saturated heterocycles. The first-order chi connectivity index (χ1) is 9.26. The molecular weight excluding hydrogens is 244 g/mol. The largest absolute Gasteiger partial charge is 0.463 e. The van der Waals surface area contributed by atoms with Gasteiger partial charge in [0.1, 0.15) is 0 Å². The maximum absolute atomic E-state index is 11.6. The van der Waals surface area contributed by atoms with Crippen molar-refractivity contribution in [3.05, 3.63) is 0 Å². The number of unbranched alkanes of at least 4 members (excludes halogenated alkanes) is 5. The van der Waals surface area contributed by atoms with Gasteiger partial charge in [0.15, 0.2) is 0 Å². The number of rotatable bonds is 10. The van der Waals surface area contributed by atoms with E-state index < -0.39 is 0 Å². The topological polar surface area (TPSA) is 79.9 Å². The van der Waals surface area contributed by atoms with Crippen LogP contribution in [0.25, 0.3) is 0 Å². The van der Waals surface area contributed by atoms with Gasteiger partial charge in [-0.1, -0.05) is 39.0 Å². The van der Waals surface area contributed by atoms with E-state index in [0.29, 0.717) is 19.0 Å². The monoisotopic (exact) mass is 268 g/mol. The third-order valence-corrected chi connectivity index (χ3v) is 2.75. The van der Waals surface area contributed by atoms with Crippen LogP contribution in [-0.2, 0) is 4.79 Å². The minimum absolute atomic E-state index is 0.0327. The van der Waals surface area contributed by atoms with Gasteiger partial charge in [-0.2, -0.15) is 4.98 Å². The summed E-state index contributed by atoms with van der Waals surface area (Å²) in [5.74, 6) is 0.314. The quantitative estimate of drug-likeness (QED) is 0.639. The van der Waals surface area contributed by atoms with Crippen molar-refractivity contribution in [3.8, 4) is 6.01 Å². The summed E-state index contributed by atoms with van der Waals surface area (Å²) in [6, 6.07) is 0.261. The molecule has 1 heterocycles. The standard InChI is InChI=1S/C13H24N4O2/c1-3-5-6-7-8-9-10-11(18)14-12-15-13(17-16-12)19-4-2/h3-10H2,1-2H3,(H2,14,15,16,17,18). The zero-order chi connectivity index (χ0) is 13.9. The smallest absolute Gasteiger partial charge is 0.337 e. The molecule has 1 aromatic heterocycles. The summed E-state index contributed by atoms with van der Waals surface area (Å²) in [6.07, 6.45) is 7.54. The van der Waals surface area contributed by atoms with Crippen LogP contribution in [0.4, 0.5) is 5.95 Å². The Hall–Kier alpha value is -1.59. The highest BCUT2D eigenvalue weighted by molar-refractivity contribution is 5.88. The van der Waals surface area contributed by atoms with E-state index in [9.17, 15) is 4.79 Å². The summed E-state index contributed by atoms with van der Waals surface area (Å²) in [5.41, 5.74) is 0. The van der Waals surface area contributed by atoms with Crippen LogP contribution < -0.4 is 10.1 Å². The van der Waals surface area contributed by atoms with Gasteiger partial charge >= 0.3 is 6.01 Å². The van der Waals surface area contributed by atoms with Gasteiger partial charge in [-0.3, -0.25) is 10.1 Å². The summed E-state index contributed by atoms with van der Waals surface area (Å²) in [5, 5.41) is 9.11. The number of carbonyl (C=O) groups excluding carboxylic acids is 1. The fraction of sp³-hybridized carbons (Fsp3) is 0.769. The number of H-pyrrole nitrogens is 1. The van der Waals surface area contributed by atoms with Crippen LogP contribution in [0.15, 0.2) is 0 Å². The lowest BCUT2D eigenvalue weighted by atomic mass is 10.1. The lowest BCUT2D eigenvalue weighted by Gasteiger charge is -2.01. The molecular formula is C13H24N4O2. The average molecular weight is 268 g/mol. The zero-order valence-electron chi connectivity index (χ0n) is 11.9. The Labute approximate surface area is 114 Å². The Morgan fingerprint density at radius 2 is 1.95 bits per heavy atom. The van der Waals surface area contributed by atoms with E-state index in [1.165, 1.54) is 25.7 Å². The molecule has 0 bridgehead atoms. The van der Waals surface area contributed by atoms with E-state index in [4.69, 9.17) is 4.74 Å². The second kappa shape index (κ2) is 9.35. The maximum atomic E-state index is 11.6. The number of anilines is 1. The first-order valence-electron chi connectivity index (χ1n) is 7.11. The van der Waals surface area contributed by atoms with Gasteiger partial charge in [0.2, 0.25) is 11.9 Å². The van der Waals surface area contributed by atoms with Crippen molar-refractivity contribution in [2.75, 3.05) is 11.9 Å². The number of nitrogens with zero attached hydrogens (tertiary/aromatic N) is 2. The molecule has 0 aromatic carbocycles. The van der Waals surface area contributed by atoms with Gasteiger partial charge < -0.3 is 4.74 Å². The molecule has 0 saturated carbocycles. The molecule has 2 N–H and O–H groups in total. The van der Waals surface area contributed by atoms with Crippen molar-refractivity contribution < 1.29 is 9.53 Å². The fourth-order valence-corrected chi connectivity index (χ4v) is 1.76. The predicted molar refractivity (Wildman–Crippen MR) is 74.2 cm³/mol. The summed E-state index contributed by atoms with van der Waals surface area (Å²) in [6.45, 7) is 4.55. The molecule has 0 aliphatic carbocycles. The van der Waals surface area contributed by atoms with Gasteiger partial charge in [-0.15, -0.1) is 5.10 Å². The Balaban J connectivity index is 2.12. The lowest BCUT2D eigenvalue weighted by Crippen LogP contribution is -2.12. The van der Waals surface area contributed by atoms with Crippen molar-refractivity contribution in [1.82, 2.24) is 15.2 Å². The van der Waals surface area contributed by atoms with Crippen LogP contribution in [-0.4, -0.2) is 27.7 Å². The SMILES string of the molecule is CCCCCCCCC(=O)Nc1nc(OCC)n[nH]1. The molecule has 19 heavy (non-hydrogen) atoms. The van der Waals surface area contributed by atoms with Crippen molar-refractivity contribution in [2.24, 2.45) is 0 Å². The second-order valence-corrected chi connectivity index (χ2v) is 4.47. The third kappa shape index (κ3) is 6.79. The van der Waals surface area contributed by atoms with Gasteiger partial charge in [-0.05, 0) is 13.3 Å². The molecule has 1 amide bonds. The number of hydrogen-bond acceptors (Lipinski definition) is 4. The van der Waals surface area contributed by atoms with Crippen molar-refractivity contribution in [2.45, 2.75) is 58.8 Å². The predicted octanol–water partition coefficient (Wildman–Crippen LogP) is 2.89. The van der Waals surface area contributed by atoms with Crippen LogP contribution in [0.5, 0.6) is 6.01 Å². The fourth-order valence-electron chi connectivity index (χ4n) is 1.76. The normalized spacial score (nSPS) is 10.4. The number of aromatic amines is 1. The highest BCUT2D eigenvalue weighted by atomic mass is 16.5. The van der Waals surface area contributed by atoms with Crippen LogP contribution in [0.3, 0.4) is 0 Å². The minimum Gasteiger partial charge on any atom is -0.463 e. The first kappa shape index (κ1) is 15.5. The summed E-state index contributed by atoms with van der Waals surface area (Å²) < 4.78 is 5.10. The van der Waals surface area contributed by atoms with Gasteiger partial charge in [-0.25, -0.2) is 5.10 Å². The zero-order valence-corrected chi connectivity index (χ0v) is 11.9. The lowest BCUT2D eigenvalue weighted by molar-refractivity contribution is -0.116. The molecule has 0 aliphatic rings. The molecule has 1 rings (SSSR count). The molecule has 6 heteroatoms. The number of carbonyl (C=O) groups is 1. The summed E-state index contributed by atoms with van der Waals surface area (Å²) in [4.78, 5) is 15.6. The van der Waals surface area contributed by atoms with Crippen LogP contribution in [0, 0.1) is 0 Å². The molecule has 0 atom stereocenters. The van der Waals surface area contributed by atoms with E-state index in [-0.39, 0.29) is 11.9 Å². The number of hydrogen-bond donors (Lipinski definition) is 2. The molecule has 6 nitrogen and oxygen atoms in total. The van der Waals surface area contributed by atoms with E-state index in [1.54, 1.807) is 0 Å². The molecule has 108 valence electrons. The van der Waals surface area contributed by atoms with E-state index in [2.05, 4.69) is 27.4 Å². The Morgan fingerprint density at radius 1 is 1.21 bits per heavy atom. The maximum Gasteiger partial charge on any atom is 0.337 e. The second-order valence-electron chi connectivity index (χ2n) is 4.47. The van der Waals surface area contributed by atoms with Crippen molar-refractivity contribution >= 4 is 11.9 Å². The molecule has 0 spiro atoms. The van der Waals surface area contributed by atoms with E-state index in [0.717, 1.165) is 12.8 Å². The summed E-state index contributed by atoms with van der Waals surface area (Å²) >= 11 is 0. The van der Waals surface area contributed by atoms with Crippen molar-refractivity contribution in [1.29, 1.82) is 0 Å². The van der Waals surface area contributed by atoms with Crippen molar-refractivity contribution in [3.63, 3.8) is 0 Å². The first-order valence-corrected chi connectivity index (χ1v) is 7.11. The number of amides is 1. The Morgan fingerprint density at radius 3 is 2.68 bits per heavy atom. The number of aromatic nitrogens is 3. The van der Waals surface area contributed by atoms with Gasteiger partial charge in [0.05, 0.1) is 6.61 Å². The summed E-state index contributed by atoms with van der Waals surface area (Å²) in [7, 11) is 0. The minimum atomic E-state index is -0.0327. The molecule has 0 fully saturated rings. The Bertz CT molecular complexity index is 365. The van der Waals surface area contributed by atoms with Crippen LogP contribution in [0.2, 0.25) is 0 Å². The molecule has 0 radical (unpaired) electrons. The number of ether oxygens (including phenoxy) is 1. The molecule has 1 aromatic rings. The Kier molecular flexibility index (Phi) is 7.62. The highest BCUT2D eigenvalue weighted by Gasteiger charge is 2.07. The van der Waals surface area contributed by atoms with Crippen LogP contribution in [0.1, 0.15) is 58.8 Å². The van der Waals surface area contributed by atoms with Gasteiger partial charge in [0.25, 0.3) is 0 Å². The third-order valence-electron chi connectivity index (χ3n) is 2.75. The number of nitrogens with one attached hydrogen (secondary N) is 2. The molecule has 0 unspecified atom stereocenters. The highest BCUT2D eigenvalue weighted by Crippen LogP contribution is 2.09. The van der Waals surface area contributed by atoms with Gasteiger partial charge in [0, 0.05) is 6.42 Å².